The first-order chi connectivity index (χ1) is 9.34. The van der Waals surface area contributed by atoms with E-state index in [1.807, 2.05) is 30.3 Å². The van der Waals surface area contributed by atoms with Crippen LogP contribution in [0.3, 0.4) is 0 Å². The van der Waals surface area contributed by atoms with E-state index in [-0.39, 0.29) is 18.3 Å². The van der Waals surface area contributed by atoms with Crippen molar-refractivity contribution < 1.29 is 4.79 Å². The smallest absolute Gasteiger partial charge is 0.255 e. The minimum atomic E-state index is -0.0699. The van der Waals surface area contributed by atoms with E-state index in [2.05, 4.69) is 20.8 Å². The lowest BCUT2D eigenvalue weighted by molar-refractivity contribution is 0.0943. The van der Waals surface area contributed by atoms with Gasteiger partial charge in [0, 0.05) is 31.1 Å². The van der Waals surface area contributed by atoms with Crippen LogP contribution >= 0.6 is 12.4 Å². The van der Waals surface area contributed by atoms with Crippen molar-refractivity contribution in [3.8, 4) is 11.3 Å². The molecule has 0 bridgehead atoms. The number of hydrogen-bond acceptors (Lipinski definition) is 3. The van der Waals surface area contributed by atoms with Crippen LogP contribution < -0.4 is 10.6 Å². The highest BCUT2D eigenvalue weighted by Gasteiger charge is 2.19. The molecule has 106 valence electrons. The van der Waals surface area contributed by atoms with Crippen LogP contribution in [0.1, 0.15) is 10.4 Å². The number of carbonyl (C=O) groups excluding carboxylic acids is 1. The lowest BCUT2D eigenvalue weighted by Crippen LogP contribution is -2.48. The molecule has 6 heteroatoms. The van der Waals surface area contributed by atoms with Gasteiger partial charge in [0.15, 0.2) is 0 Å². The van der Waals surface area contributed by atoms with Crippen LogP contribution in [0.15, 0.2) is 36.5 Å². The van der Waals surface area contributed by atoms with E-state index in [1.165, 1.54) is 0 Å². The molecule has 0 radical (unpaired) electrons. The van der Waals surface area contributed by atoms with Gasteiger partial charge in [-0.3, -0.25) is 9.89 Å². The molecule has 1 aliphatic heterocycles. The summed E-state index contributed by atoms with van der Waals surface area (Å²) in [4.78, 5) is 12.2. The summed E-state index contributed by atoms with van der Waals surface area (Å²) >= 11 is 0. The molecule has 0 aliphatic carbocycles. The van der Waals surface area contributed by atoms with E-state index in [0.717, 1.165) is 24.3 Å². The van der Waals surface area contributed by atoms with Gasteiger partial charge in [-0.15, -0.1) is 12.4 Å². The summed E-state index contributed by atoms with van der Waals surface area (Å²) < 4.78 is 0. The molecule has 3 rings (SSSR count). The lowest BCUT2D eigenvalue weighted by Gasteiger charge is -2.27. The van der Waals surface area contributed by atoms with Crippen molar-refractivity contribution in [2.24, 2.45) is 5.92 Å². The number of benzene rings is 1. The van der Waals surface area contributed by atoms with Crippen LogP contribution in [0.25, 0.3) is 11.3 Å². The van der Waals surface area contributed by atoms with Gasteiger partial charge in [0.25, 0.3) is 5.91 Å². The molecule has 0 spiro atoms. The molecule has 0 atom stereocenters. The Morgan fingerprint density at radius 3 is 2.70 bits per heavy atom. The van der Waals surface area contributed by atoms with Gasteiger partial charge in [-0.2, -0.15) is 5.10 Å². The highest BCUT2D eigenvalue weighted by molar-refractivity contribution is 5.99. The van der Waals surface area contributed by atoms with E-state index in [1.54, 1.807) is 6.20 Å². The fourth-order valence-electron chi connectivity index (χ4n) is 2.11. The molecule has 2 heterocycles. The molecule has 1 fully saturated rings. The molecule has 3 N–H and O–H groups in total. The summed E-state index contributed by atoms with van der Waals surface area (Å²) in [5, 5.41) is 13.0. The van der Waals surface area contributed by atoms with Crippen LogP contribution in [-0.4, -0.2) is 35.7 Å². The number of hydrogen-bond donors (Lipinski definition) is 3. The van der Waals surface area contributed by atoms with E-state index in [4.69, 9.17) is 0 Å². The van der Waals surface area contributed by atoms with Crippen molar-refractivity contribution in [2.45, 2.75) is 0 Å². The Morgan fingerprint density at radius 2 is 2.05 bits per heavy atom. The zero-order valence-electron chi connectivity index (χ0n) is 10.9. The Labute approximate surface area is 123 Å². The Bertz CT molecular complexity index is 566. The monoisotopic (exact) mass is 292 g/mol. The SMILES string of the molecule is Cl.O=C(NCC1CNC1)c1cn[nH]c1-c1ccccc1. The number of H-pyrrole nitrogens is 1. The molecule has 5 nitrogen and oxygen atoms in total. The van der Waals surface area contributed by atoms with Crippen LogP contribution in [0.4, 0.5) is 0 Å². The average molecular weight is 293 g/mol. The first-order valence-electron chi connectivity index (χ1n) is 6.42. The summed E-state index contributed by atoms with van der Waals surface area (Å²) in [6.07, 6.45) is 1.58. The third kappa shape index (κ3) is 3.00. The number of aromatic amines is 1. The van der Waals surface area contributed by atoms with Crippen molar-refractivity contribution in [3.05, 3.63) is 42.1 Å². The highest BCUT2D eigenvalue weighted by Crippen LogP contribution is 2.20. The van der Waals surface area contributed by atoms with E-state index in [0.29, 0.717) is 18.0 Å². The fraction of sp³-hybridized carbons (Fsp3) is 0.286. The molecule has 1 aromatic heterocycles. The van der Waals surface area contributed by atoms with Gasteiger partial charge in [-0.05, 0) is 0 Å². The number of carbonyl (C=O) groups is 1. The number of nitrogens with zero attached hydrogens (tertiary/aromatic N) is 1. The van der Waals surface area contributed by atoms with Gasteiger partial charge in [-0.25, -0.2) is 0 Å². The Kier molecular flexibility index (Phi) is 4.76. The first kappa shape index (κ1) is 14.6. The maximum Gasteiger partial charge on any atom is 0.255 e. The molecule has 2 aromatic rings. The zero-order chi connectivity index (χ0) is 13.1. The third-order valence-corrected chi connectivity index (χ3v) is 3.36. The predicted octanol–water partition coefficient (Wildman–Crippen LogP) is 1.45. The summed E-state index contributed by atoms with van der Waals surface area (Å²) in [6, 6.07) is 9.75. The van der Waals surface area contributed by atoms with Crippen molar-refractivity contribution >= 4 is 18.3 Å². The zero-order valence-corrected chi connectivity index (χ0v) is 11.7. The van der Waals surface area contributed by atoms with Crippen LogP contribution in [0, 0.1) is 5.92 Å². The predicted molar refractivity (Wildman–Crippen MR) is 80.0 cm³/mol. The van der Waals surface area contributed by atoms with Crippen LogP contribution in [-0.2, 0) is 0 Å². The molecule has 0 saturated carbocycles. The van der Waals surface area contributed by atoms with Gasteiger partial charge >= 0.3 is 0 Å². The normalized spacial score (nSPS) is 14.2. The summed E-state index contributed by atoms with van der Waals surface area (Å²) in [7, 11) is 0. The Hall–Kier alpha value is -1.85. The number of halogens is 1. The Balaban J connectivity index is 0.00000147. The second kappa shape index (κ2) is 6.54. The maximum absolute atomic E-state index is 12.2. The third-order valence-electron chi connectivity index (χ3n) is 3.36. The highest BCUT2D eigenvalue weighted by atomic mass is 35.5. The molecule has 0 unspecified atom stereocenters. The van der Waals surface area contributed by atoms with Crippen molar-refractivity contribution in [1.29, 1.82) is 0 Å². The topological polar surface area (TPSA) is 69.8 Å². The molecule has 20 heavy (non-hydrogen) atoms. The lowest BCUT2D eigenvalue weighted by atomic mass is 10.0. The van der Waals surface area contributed by atoms with Gasteiger partial charge in [0.1, 0.15) is 0 Å². The number of rotatable bonds is 4. The molecular weight excluding hydrogens is 276 g/mol. The molecule has 1 aromatic carbocycles. The van der Waals surface area contributed by atoms with Crippen molar-refractivity contribution in [1.82, 2.24) is 20.8 Å². The standard InChI is InChI=1S/C14H16N4O.ClH/c19-14(16-8-10-6-15-7-10)12-9-17-18-13(12)11-4-2-1-3-5-11;/h1-5,9-10,15H,6-8H2,(H,16,19)(H,17,18);1H. The average Bonchev–Trinajstić information content (AvgIpc) is 2.87. The first-order valence-corrected chi connectivity index (χ1v) is 6.42. The van der Waals surface area contributed by atoms with Crippen LogP contribution in [0.2, 0.25) is 0 Å². The number of aromatic nitrogens is 2. The summed E-state index contributed by atoms with van der Waals surface area (Å²) in [5.74, 6) is 0.482. The van der Waals surface area contributed by atoms with E-state index in [9.17, 15) is 4.79 Å². The minimum absolute atomic E-state index is 0. The quantitative estimate of drug-likeness (QED) is 0.799. The largest absolute Gasteiger partial charge is 0.352 e. The number of amides is 1. The molecule has 1 aliphatic rings. The Morgan fingerprint density at radius 1 is 1.30 bits per heavy atom. The van der Waals surface area contributed by atoms with E-state index < -0.39 is 0 Å². The molecule has 1 saturated heterocycles. The molecule has 1 amide bonds. The maximum atomic E-state index is 12.2. The minimum Gasteiger partial charge on any atom is -0.352 e. The molecular formula is C14H17ClN4O. The second-order valence-corrected chi connectivity index (χ2v) is 4.76. The van der Waals surface area contributed by atoms with E-state index >= 15 is 0 Å². The fourth-order valence-corrected chi connectivity index (χ4v) is 2.11. The number of nitrogens with one attached hydrogen (secondary N) is 3. The van der Waals surface area contributed by atoms with Gasteiger partial charge in [-0.1, -0.05) is 30.3 Å². The van der Waals surface area contributed by atoms with Gasteiger partial charge in [0.2, 0.25) is 0 Å². The van der Waals surface area contributed by atoms with Gasteiger partial charge in [0.05, 0.1) is 17.5 Å². The summed E-state index contributed by atoms with van der Waals surface area (Å²) in [6.45, 7) is 2.68. The van der Waals surface area contributed by atoms with Crippen LogP contribution in [0.5, 0.6) is 0 Å². The van der Waals surface area contributed by atoms with Crippen molar-refractivity contribution in [3.63, 3.8) is 0 Å². The second-order valence-electron chi connectivity index (χ2n) is 4.76. The summed E-state index contributed by atoms with van der Waals surface area (Å²) in [5.41, 5.74) is 2.33. The van der Waals surface area contributed by atoms with Gasteiger partial charge < -0.3 is 10.6 Å². The van der Waals surface area contributed by atoms with Crippen molar-refractivity contribution in [2.75, 3.05) is 19.6 Å².